The largest absolute Gasteiger partial charge is 0.332 e. The normalized spacial score (nSPS) is 10.5. The lowest BCUT2D eigenvalue weighted by atomic mass is 9.98. The van der Waals surface area contributed by atoms with Crippen LogP contribution in [-0.2, 0) is 0 Å². The number of para-hydroxylation sites is 1. The van der Waals surface area contributed by atoms with Gasteiger partial charge in [-0.25, -0.2) is 0 Å². The van der Waals surface area contributed by atoms with Crippen molar-refractivity contribution in [1.82, 2.24) is 0 Å². The number of hydrogen-bond acceptors (Lipinski definition) is 1. The number of nitrogens with one attached hydrogen (secondary N) is 2. The SMILES string of the molecule is Cc1cccc(C(C)C)c1NC(=S)Nc1ccc(Cl)cc1. The van der Waals surface area contributed by atoms with E-state index in [2.05, 4.69) is 49.6 Å². The van der Waals surface area contributed by atoms with Gasteiger partial charge in [0.25, 0.3) is 0 Å². The zero-order valence-corrected chi connectivity index (χ0v) is 14.0. The van der Waals surface area contributed by atoms with E-state index in [4.69, 9.17) is 23.8 Å². The minimum Gasteiger partial charge on any atom is -0.332 e. The minimum absolute atomic E-state index is 0.436. The van der Waals surface area contributed by atoms with Gasteiger partial charge in [0.1, 0.15) is 0 Å². The smallest absolute Gasteiger partial charge is 0.175 e. The van der Waals surface area contributed by atoms with Crippen LogP contribution in [0.2, 0.25) is 5.02 Å². The van der Waals surface area contributed by atoms with E-state index in [1.54, 1.807) is 0 Å². The van der Waals surface area contributed by atoms with Crippen LogP contribution in [0.25, 0.3) is 0 Å². The van der Waals surface area contributed by atoms with Crippen molar-refractivity contribution in [3.05, 3.63) is 58.6 Å². The number of halogens is 1. The molecule has 0 aliphatic heterocycles. The van der Waals surface area contributed by atoms with Crippen molar-refractivity contribution in [1.29, 1.82) is 0 Å². The van der Waals surface area contributed by atoms with Gasteiger partial charge in [0.2, 0.25) is 0 Å². The summed E-state index contributed by atoms with van der Waals surface area (Å²) in [5.74, 6) is 0.436. The van der Waals surface area contributed by atoms with E-state index in [9.17, 15) is 0 Å². The van der Waals surface area contributed by atoms with Gasteiger partial charge in [0.15, 0.2) is 5.11 Å². The van der Waals surface area contributed by atoms with Crippen LogP contribution < -0.4 is 10.6 Å². The van der Waals surface area contributed by atoms with Gasteiger partial charge in [-0.05, 0) is 60.5 Å². The molecule has 0 unspecified atom stereocenters. The van der Waals surface area contributed by atoms with Gasteiger partial charge in [-0.2, -0.15) is 0 Å². The maximum atomic E-state index is 5.88. The summed E-state index contributed by atoms with van der Waals surface area (Å²) < 4.78 is 0. The number of rotatable bonds is 3. The third-order valence-electron chi connectivity index (χ3n) is 3.27. The topological polar surface area (TPSA) is 24.1 Å². The van der Waals surface area contributed by atoms with Crippen LogP contribution in [0.5, 0.6) is 0 Å². The zero-order chi connectivity index (χ0) is 15.4. The van der Waals surface area contributed by atoms with E-state index in [-0.39, 0.29) is 0 Å². The molecule has 21 heavy (non-hydrogen) atoms. The maximum Gasteiger partial charge on any atom is 0.175 e. The summed E-state index contributed by atoms with van der Waals surface area (Å²) in [5.41, 5.74) is 4.44. The first-order chi connectivity index (χ1) is 9.97. The van der Waals surface area contributed by atoms with Crippen LogP contribution >= 0.6 is 23.8 Å². The molecule has 110 valence electrons. The van der Waals surface area contributed by atoms with Gasteiger partial charge in [0.05, 0.1) is 0 Å². The molecule has 2 N–H and O–H groups in total. The molecular formula is C17H19ClN2S. The van der Waals surface area contributed by atoms with Crippen molar-refractivity contribution in [2.75, 3.05) is 10.6 Å². The first-order valence-corrected chi connectivity index (χ1v) is 7.69. The average molecular weight is 319 g/mol. The van der Waals surface area contributed by atoms with Gasteiger partial charge in [0, 0.05) is 16.4 Å². The lowest BCUT2D eigenvalue weighted by molar-refractivity contribution is 0.868. The number of thiocarbonyl (C=S) groups is 1. The molecule has 0 aliphatic rings. The molecule has 4 heteroatoms. The van der Waals surface area contributed by atoms with Crippen molar-refractivity contribution in [3.8, 4) is 0 Å². The van der Waals surface area contributed by atoms with Crippen LogP contribution in [0.1, 0.15) is 30.9 Å². The Bertz CT molecular complexity index is 636. The number of aryl methyl sites for hydroxylation is 1. The van der Waals surface area contributed by atoms with Gasteiger partial charge in [-0.3, -0.25) is 0 Å². The van der Waals surface area contributed by atoms with E-state index < -0.39 is 0 Å². The fraction of sp³-hybridized carbons (Fsp3) is 0.235. The molecule has 0 aliphatic carbocycles. The lowest BCUT2D eigenvalue weighted by Gasteiger charge is -2.18. The molecule has 0 heterocycles. The Balaban J connectivity index is 2.14. The molecule has 0 aromatic heterocycles. The Labute approximate surface area is 136 Å². The van der Waals surface area contributed by atoms with Gasteiger partial charge in [-0.1, -0.05) is 43.6 Å². The fourth-order valence-corrected chi connectivity index (χ4v) is 2.50. The molecule has 0 radical (unpaired) electrons. The van der Waals surface area contributed by atoms with Crippen molar-refractivity contribution in [2.24, 2.45) is 0 Å². The molecule has 0 bridgehead atoms. The van der Waals surface area contributed by atoms with Gasteiger partial charge >= 0.3 is 0 Å². The van der Waals surface area contributed by atoms with Crippen molar-refractivity contribution < 1.29 is 0 Å². The van der Waals surface area contributed by atoms with Gasteiger partial charge in [-0.15, -0.1) is 0 Å². The Hall–Kier alpha value is -1.58. The summed E-state index contributed by atoms with van der Waals surface area (Å²) in [5, 5.41) is 7.77. The summed E-state index contributed by atoms with van der Waals surface area (Å²) in [6, 6.07) is 13.8. The Morgan fingerprint density at radius 3 is 2.33 bits per heavy atom. The van der Waals surface area contributed by atoms with Crippen molar-refractivity contribution in [2.45, 2.75) is 26.7 Å². The highest BCUT2D eigenvalue weighted by molar-refractivity contribution is 7.80. The molecular weight excluding hydrogens is 300 g/mol. The zero-order valence-electron chi connectivity index (χ0n) is 12.4. The molecule has 0 amide bonds. The molecule has 2 rings (SSSR count). The summed E-state index contributed by atoms with van der Waals surface area (Å²) in [7, 11) is 0. The third kappa shape index (κ3) is 4.19. The number of hydrogen-bond donors (Lipinski definition) is 2. The van der Waals surface area contributed by atoms with Crippen LogP contribution in [0.15, 0.2) is 42.5 Å². The van der Waals surface area contributed by atoms with Crippen molar-refractivity contribution in [3.63, 3.8) is 0 Å². The summed E-state index contributed by atoms with van der Waals surface area (Å²) >= 11 is 11.3. The summed E-state index contributed by atoms with van der Waals surface area (Å²) in [6.07, 6.45) is 0. The molecule has 2 nitrogen and oxygen atoms in total. The molecule has 2 aromatic rings. The van der Waals surface area contributed by atoms with E-state index in [1.165, 1.54) is 11.1 Å². The van der Waals surface area contributed by atoms with E-state index in [0.29, 0.717) is 16.1 Å². The van der Waals surface area contributed by atoms with E-state index in [1.807, 2.05) is 24.3 Å². The molecule has 0 atom stereocenters. The van der Waals surface area contributed by atoms with Crippen molar-refractivity contribution >= 4 is 40.3 Å². The van der Waals surface area contributed by atoms with Crippen LogP contribution in [-0.4, -0.2) is 5.11 Å². The standard InChI is InChI=1S/C17H19ClN2S/c1-11(2)15-6-4-5-12(3)16(15)20-17(21)19-14-9-7-13(18)8-10-14/h4-11H,1-3H3,(H2,19,20,21). The first kappa shape index (κ1) is 15.8. The molecule has 0 saturated heterocycles. The summed E-state index contributed by atoms with van der Waals surface area (Å²) in [4.78, 5) is 0. The average Bonchev–Trinajstić information content (AvgIpc) is 2.43. The summed E-state index contributed by atoms with van der Waals surface area (Å²) in [6.45, 7) is 6.43. The van der Waals surface area contributed by atoms with E-state index in [0.717, 1.165) is 11.4 Å². The maximum absolute atomic E-state index is 5.88. The quantitative estimate of drug-likeness (QED) is 0.722. The number of benzene rings is 2. The third-order valence-corrected chi connectivity index (χ3v) is 3.72. The van der Waals surface area contributed by atoms with E-state index >= 15 is 0 Å². The second-order valence-electron chi connectivity index (χ2n) is 5.28. The van der Waals surface area contributed by atoms with Gasteiger partial charge < -0.3 is 10.6 Å². The molecule has 2 aromatic carbocycles. The van der Waals surface area contributed by atoms with Crippen LogP contribution in [0.4, 0.5) is 11.4 Å². The Morgan fingerprint density at radius 1 is 1.05 bits per heavy atom. The highest BCUT2D eigenvalue weighted by Crippen LogP contribution is 2.27. The molecule has 0 saturated carbocycles. The predicted molar refractivity (Wildman–Crippen MR) is 96.6 cm³/mol. The van der Waals surface area contributed by atoms with Crippen LogP contribution in [0.3, 0.4) is 0 Å². The first-order valence-electron chi connectivity index (χ1n) is 6.90. The number of anilines is 2. The Morgan fingerprint density at radius 2 is 1.71 bits per heavy atom. The minimum atomic E-state index is 0.436. The highest BCUT2D eigenvalue weighted by Gasteiger charge is 2.10. The Kier molecular flexibility index (Phi) is 5.21. The second kappa shape index (κ2) is 6.92. The molecule has 0 spiro atoms. The molecule has 0 fully saturated rings. The highest BCUT2D eigenvalue weighted by atomic mass is 35.5. The second-order valence-corrected chi connectivity index (χ2v) is 6.12. The monoisotopic (exact) mass is 318 g/mol. The predicted octanol–water partition coefficient (Wildman–Crippen LogP) is 5.58. The fourth-order valence-electron chi connectivity index (χ4n) is 2.15. The lowest BCUT2D eigenvalue weighted by Crippen LogP contribution is -2.20. The van der Waals surface area contributed by atoms with Crippen LogP contribution in [0, 0.1) is 6.92 Å².